The molecule has 5 heteroatoms. The van der Waals surface area contributed by atoms with Gasteiger partial charge in [0.15, 0.2) is 9.84 Å². The number of benzene rings is 2. The Balaban J connectivity index is 2.04. The zero-order chi connectivity index (χ0) is 15.3. The van der Waals surface area contributed by atoms with E-state index in [-0.39, 0.29) is 5.75 Å². The first kappa shape index (κ1) is 15.5. The van der Waals surface area contributed by atoms with Crippen LogP contribution in [-0.2, 0) is 22.9 Å². The molecule has 0 aliphatic rings. The minimum atomic E-state index is -3.13. The Hall–Kier alpha value is -1.85. The molecule has 0 saturated carbocycles. The van der Waals surface area contributed by atoms with Crippen molar-refractivity contribution in [3.63, 3.8) is 0 Å². The van der Waals surface area contributed by atoms with Gasteiger partial charge in [0.1, 0.15) is 0 Å². The number of rotatable bonds is 6. The number of hydrogen-bond donors (Lipinski definition) is 2. The predicted molar refractivity (Wildman–Crippen MR) is 85.8 cm³/mol. The van der Waals surface area contributed by atoms with E-state index in [0.29, 0.717) is 18.0 Å². The summed E-state index contributed by atoms with van der Waals surface area (Å²) in [7, 11) is -3.13. The van der Waals surface area contributed by atoms with Crippen molar-refractivity contribution in [2.24, 2.45) is 5.73 Å². The highest BCUT2D eigenvalue weighted by Gasteiger charge is 2.10. The van der Waals surface area contributed by atoms with Gasteiger partial charge in [-0.15, -0.1) is 0 Å². The Bertz CT molecular complexity index is 694. The number of hydrogen-bond acceptors (Lipinski definition) is 4. The van der Waals surface area contributed by atoms with Gasteiger partial charge in [0.2, 0.25) is 0 Å². The van der Waals surface area contributed by atoms with Crippen molar-refractivity contribution in [2.45, 2.75) is 24.9 Å². The molecule has 2 aromatic rings. The summed E-state index contributed by atoms with van der Waals surface area (Å²) in [6, 6.07) is 14.9. The fourth-order valence-corrected chi connectivity index (χ4v) is 2.90. The second-order valence-electron chi connectivity index (χ2n) is 4.81. The molecule has 0 bridgehead atoms. The first-order chi connectivity index (χ1) is 10.0. The number of nitrogens with one attached hydrogen (secondary N) is 1. The molecular formula is C16H20N2O2S. The minimum Gasteiger partial charge on any atom is -0.381 e. The molecule has 112 valence electrons. The van der Waals surface area contributed by atoms with Gasteiger partial charge in [-0.05, 0) is 35.4 Å². The lowest BCUT2D eigenvalue weighted by molar-refractivity contribution is 0.597. The van der Waals surface area contributed by atoms with E-state index in [2.05, 4.69) is 11.4 Å². The van der Waals surface area contributed by atoms with E-state index in [0.717, 1.165) is 16.8 Å². The van der Waals surface area contributed by atoms with Gasteiger partial charge in [0.25, 0.3) is 0 Å². The quantitative estimate of drug-likeness (QED) is 0.860. The summed E-state index contributed by atoms with van der Waals surface area (Å²) >= 11 is 0. The molecule has 0 saturated heterocycles. The van der Waals surface area contributed by atoms with Gasteiger partial charge in [0, 0.05) is 18.8 Å². The molecule has 4 nitrogen and oxygen atoms in total. The minimum absolute atomic E-state index is 0.117. The van der Waals surface area contributed by atoms with Crippen molar-refractivity contribution in [3.8, 4) is 0 Å². The number of anilines is 1. The van der Waals surface area contributed by atoms with Crippen LogP contribution in [0.4, 0.5) is 5.69 Å². The van der Waals surface area contributed by atoms with Crippen LogP contribution in [0.2, 0.25) is 0 Å². The maximum Gasteiger partial charge on any atom is 0.178 e. The Morgan fingerprint density at radius 2 is 1.71 bits per heavy atom. The molecule has 0 unspecified atom stereocenters. The molecular weight excluding hydrogens is 284 g/mol. The highest BCUT2D eigenvalue weighted by atomic mass is 32.2. The first-order valence-electron chi connectivity index (χ1n) is 6.89. The van der Waals surface area contributed by atoms with Crippen LogP contribution < -0.4 is 11.1 Å². The third-order valence-corrected chi connectivity index (χ3v) is 5.07. The summed E-state index contributed by atoms with van der Waals surface area (Å²) in [5.74, 6) is 0.117. The van der Waals surface area contributed by atoms with E-state index in [4.69, 9.17) is 5.73 Å². The molecule has 21 heavy (non-hydrogen) atoms. The van der Waals surface area contributed by atoms with Crippen molar-refractivity contribution in [1.82, 2.24) is 0 Å². The van der Waals surface area contributed by atoms with Gasteiger partial charge >= 0.3 is 0 Å². The lowest BCUT2D eigenvalue weighted by atomic mass is 10.1. The highest BCUT2D eigenvalue weighted by Crippen LogP contribution is 2.16. The summed E-state index contributed by atoms with van der Waals surface area (Å²) in [6.07, 6.45) is 0. The normalized spacial score (nSPS) is 11.3. The molecule has 0 heterocycles. The standard InChI is InChI=1S/C16H20N2O2S/c1-2-21(19,20)16-8-6-15(7-9-16)18-12-14-5-3-4-13(10-14)11-17/h3-10,18H,2,11-12,17H2,1H3. The van der Waals surface area contributed by atoms with Gasteiger partial charge in [-0.3, -0.25) is 0 Å². The fourth-order valence-electron chi connectivity index (χ4n) is 2.02. The maximum absolute atomic E-state index is 11.7. The van der Waals surface area contributed by atoms with Crippen molar-refractivity contribution in [1.29, 1.82) is 0 Å². The van der Waals surface area contributed by atoms with Gasteiger partial charge in [0.05, 0.1) is 10.6 Å². The Kier molecular flexibility index (Phi) is 4.98. The van der Waals surface area contributed by atoms with Crippen LogP contribution in [0, 0.1) is 0 Å². The summed E-state index contributed by atoms with van der Waals surface area (Å²) in [4.78, 5) is 0.362. The zero-order valence-corrected chi connectivity index (χ0v) is 12.9. The second kappa shape index (κ2) is 6.74. The third kappa shape index (κ3) is 4.06. The molecule has 0 atom stereocenters. The largest absolute Gasteiger partial charge is 0.381 e. The molecule has 0 aliphatic heterocycles. The lowest BCUT2D eigenvalue weighted by Crippen LogP contribution is -2.04. The van der Waals surface area contributed by atoms with Crippen LogP contribution in [0.1, 0.15) is 18.1 Å². The monoisotopic (exact) mass is 304 g/mol. The fraction of sp³-hybridized carbons (Fsp3) is 0.250. The summed E-state index contributed by atoms with van der Waals surface area (Å²) < 4.78 is 23.5. The zero-order valence-electron chi connectivity index (χ0n) is 12.0. The summed E-state index contributed by atoms with van der Waals surface area (Å²) in [5.41, 5.74) is 8.75. The Morgan fingerprint density at radius 3 is 2.33 bits per heavy atom. The van der Waals surface area contributed by atoms with Gasteiger partial charge in [-0.1, -0.05) is 31.2 Å². The average molecular weight is 304 g/mol. The molecule has 3 N–H and O–H groups in total. The molecule has 0 amide bonds. The highest BCUT2D eigenvalue weighted by molar-refractivity contribution is 7.91. The smallest absolute Gasteiger partial charge is 0.178 e. The van der Waals surface area contributed by atoms with E-state index in [1.807, 2.05) is 18.2 Å². The van der Waals surface area contributed by atoms with E-state index >= 15 is 0 Å². The van der Waals surface area contributed by atoms with Crippen LogP contribution >= 0.6 is 0 Å². The molecule has 0 aliphatic carbocycles. The van der Waals surface area contributed by atoms with Crippen LogP contribution in [0.25, 0.3) is 0 Å². The Morgan fingerprint density at radius 1 is 1.05 bits per heavy atom. The number of sulfone groups is 1. The summed E-state index contributed by atoms with van der Waals surface area (Å²) in [6.45, 7) is 2.84. The van der Waals surface area contributed by atoms with E-state index in [1.54, 1.807) is 31.2 Å². The molecule has 2 aromatic carbocycles. The Labute approximate surface area is 125 Å². The SMILES string of the molecule is CCS(=O)(=O)c1ccc(NCc2cccc(CN)c2)cc1. The lowest BCUT2D eigenvalue weighted by Gasteiger charge is -2.09. The van der Waals surface area contributed by atoms with Crippen LogP contribution in [0.15, 0.2) is 53.4 Å². The molecule has 0 aromatic heterocycles. The maximum atomic E-state index is 11.7. The van der Waals surface area contributed by atoms with Crippen LogP contribution in [-0.4, -0.2) is 14.2 Å². The molecule has 0 fully saturated rings. The van der Waals surface area contributed by atoms with Gasteiger partial charge in [-0.25, -0.2) is 8.42 Å². The van der Waals surface area contributed by atoms with Crippen molar-refractivity contribution in [2.75, 3.05) is 11.1 Å². The third-order valence-electron chi connectivity index (χ3n) is 3.32. The average Bonchev–Trinajstić information content (AvgIpc) is 2.53. The van der Waals surface area contributed by atoms with Crippen molar-refractivity contribution < 1.29 is 8.42 Å². The molecule has 2 rings (SSSR count). The second-order valence-corrected chi connectivity index (χ2v) is 7.08. The predicted octanol–water partition coefficient (Wildman–Crippen LogP) is 2.55. The topological polar surface area (TPSA) is 72.2 Å². The van der Waals surface area contributed by atoms with E-state index in [1.165, 1.54) is 0 Å². The van der Waals surface area contributed by atoms with E-state index < -0.39 is 9.84 Å². The first-order valence-corrected chi connectivity index (χ1v) is 8.55. The van der Waals surface area contributed by atoms with Crippen LogP contribution in [0.5, 0.6) is 0 Å². The van der Waals surface area contributed by atoms with Gasteiger partial charge in [-0.2, -0.15) is 0 Å². The number of nitrogens with two attached hydrogens (primary N) is 1. The van der Waals surface area contributed by atoms with E-state index in [9.17, 15) is 8.42 Å². The van der Waals surface area contributed by atoms with Crippen molar-refractivity contribution >= 4 is 15.5 Å². The van der Waals surface area contributed by atoms with Gasteiger partial charge < -0.3 is 11.1 Å². The molecule has 0 radical (unpaired) electrons. The molecule has 0 spiro atoms. The van der Waals surface area contributed by atoms with Crippen LogP contribution in [0.3, 0.4) is 0 Å². The summed E-state index contributed by atoms with van der Waals surface area (Å²) in [5, 5.41) is 3.27. The van der Waals surface area contributed by atoms with Crippen molar-refractivity contribution in [3.05, 3.63) is 59.7 Å².